The first-order valence-electron chi connectivity index (χ1n) is 5.67. The fourth-order valence-corrected chi connectivity index (χ4v) is 2.53. The van der Waals surface area contributed by atoms with Crippen LogP contribution in [0.2, 0.25) is 0 Å². The molecule has 2 heterocycles. The molecule has 0 aliphatic rings. The van der Waals surface area contributed by atoms with Crippen molar-refractivity contribution in [1.82, 2.24) is 19.7 Å². The Hall–Kier alpha value is -1.27. The SMILES string of the molecule is CCCn1ncnc1CC(O)c1scnc1C. The minimum Gasteiger partial charge on any atom is -0.387 e. The normalized spacial score (nSPS) is 12.9. The van der Waals surface area contributed by atoms with E-state index < -0.39 is 6.10 Å². The number of aryl methyl sites for hydroxylation is 2. The van der Waals surface area contributed by atoms with Gasteiger partial charge in [-0.2, -0.15) is 5.10 Å². The van der Waals surface area contributed by atoms with Crippen LogP contribution >= 0.6 is 11.3 Å². The minimum atomic E-state index is -0.540. The molecule has 0 saturated carbocycles. The summed E-state index contributed by atoms with van der Waals surface area (Å²) in [5, 5.41) is 14.3. The molecule has 2 aromatic rings. The van der Waals surface area contributed by atoms with Gasteiger partial charge in [0.05, 0.1) is 22.2 Å². The van der Waals surface area contributed by atoms with Gasteiger partial charge in [-0.05, 0) is 13.3 Å². The third-order valence-electron chi connectivity index (χ3n) is 2.59. The van der Waals surface area contributed by atoms with Crippen LogP contribution in [0.5, 0.6) is 0 Å². The summed E-state index contributed by atoms with van der Waals surface area (Å²) < 4.78 is 1.85. The maximum atomic E-state index is 10.1. The Kier molecular flexibility index (Phi) is 3.86. The van der Waals surface area contributed by atoms with Gasteiger partial charge in [-0.1, -0.05) is 6.92 Å². The van der Waals surface area contributed by atoms with Crippen molar-refractivity contribution < 1.29 is 5.11 Å². The van der Waals surface area contributed by atoms with Crippen LogP contribution in [0.25, 0.3) is 0 Å². The van der Waals surface area contributed by atoms with Crippen LogP contribution in [-0.4, -0.2) is 24.9 Å². The van der Waals surface area contributed by atoms with Gasteiger partial charge in [0.1, 0.15) is 12.2 Å². The lowest BCUT2D eigenvalue weighted by Crippen LogP contribution is -2.10. The van der Waals surface area contributed by atoms with Gasteiger partial charge >= 0.3 is 0 Å². The van der Waals surface area contributed by atoms with Crippen molar-refractivity contribution in [2.75, 3.05) is 0 Å². The second-order valence-corrected chi connectivity index (χ2v) is 4.81. The lowest BCUT2D eigenvalue weighted by atomic mass is 10.2. The first-order valence-corrected chi connectivity index (χ1v) is 6.55. The number of nitrogens with zero attached hydrogens (tertiary/aromatic N) is 4. The van der Waals surface area contributed by atoms with E-state index >= 15 is 0 Å². The van der Waals surface area contributed by atoms with Gasteiger partial charge in [-0.3, -0.25) is 4.68 Å². The molecule has 5 nitrogen and oxygen atoms in total. The predicted molar refractivity (Wildman–Crippen MR) is 65.8 cm³/mol. The van der Waals surface area contributed by atoms with Gasteiger partial charge in [0.15, 0.2) is 0 Å². The number of aliphatic hydroxyl groups is 1. The zero-order valence-corrected chi connectivity index (χ0v) is 10.8. The molecule has 2 rings (SSSR count). The Labute approximate surface area is 104 Å². The Balaban J connectivity index is 2.10. The molecule has 1 N–H and O–H groups in total. The quantitative estimate of drug-likeness (QED) is 0.880. The molecule has 0 bridgehead atoms. The number of aromatic nitrogens is 4. The van der Waals surface area contributed by atoms with Crippen LogP contribution in [0.3, 0.4) is 0 Å². The molecule has 0 radical (unpaired) electrons. The predicted octanol–water partition coefficient (Wildman–Crippen LogP) is 1.73. The summed E-state index contributed by atoms with van der Waals surface area (Å²) in [5.74, 6) is 0.826. The molecular formula is C11H16N4OS. The highest BCUT2D eigenvalue weighted by Crippen LogP contribution is 2.24. The van der Waals surface area contributed by atoms with Crippen molar-refractivity contribution in [1.29, 1.82) is 0 Å². The molecule has 0 aromatic carbocycles. The molecule has 0 fully saturated rings. The van der Waals surface area contributed by atoms with Crippen molar-refractivity contribution in [3.8, 4) is 0 Å². The monoisotopic (exact) mass is 252 g/mol. The summed E-state index contributed by atoms with van der Waals surface area (Å²) in [6, 6.07) is 0. The van der Waals surface area contributed by atoms with Gasteiger partial charge in [-0.25, -0.2) is 9.97 Å². The van der Waals surface area contributed by atoms with Gasteiger partial charge < -0.3 is 5.11 Å². The van der Waals surface area contributed by atoms with E-state index in [0.29, 0.717) is 6.42 Å². The maximum absolute atomic E-state index is 10.1. The lowest BCUT2D eigenvalue weighted by molar-refractivity contribution is 0.176. The number of thiazole rings is 1. The van der Waals surface area contributed by atoms with E-state index in [9.17, 15) is 5.11 Å². The molecule has 1 atom stereocenters. The van der Waals surface area contributed by atoms with E-state index in [1.165, 1.54) is 17.7 Å². The molecular weight excluding hydrogens is 236 g/mol. The first-order chi connectivity index (χ1) is 8.22. The van der Waals surface area contributed by atoms with Gasteiger partial charge in [0.2, 0.25) is 0 Å². The van der Waals surface area contributed by atoms with Crippen molar-refractivity contribution in [3.63, 3.8) is 0 Å². The molecule has 6 heteroatoms. The molecule has 0 saturated heterocycles. The maximum Gasteiger partial charge on any atom is 0.138 e. The zero-order valence-electron chi connectivity index (χ0n) is 10.00. The molecule has 17 heavy (non-hydrogen) atoms. The van der Waals surface area contributed by atoms with Crippen molar-refractivity contribution in [3.05, 3.63) is 28.2 Å². The van der Waals surface area contributed by atoms with E-state index in [1.807, 2.05) is 11.6 Å². The molecule has 0 spiro atoms. The van der Waals surface area contributed by atoms with Gasteiger partial charge in [-0.15, -0.1) is 11.3 Å². The largest absolute Gasteiger partial charge is 0.387 e. The lowest BCUT2D eigenvalue weighted by Gasteiger charge is -2.09. The van der Waals surface area contributed by atoms with E-state index in [2.05, 4.69) is 22.0 Å². The highest BCUT2D eigenvalue weighted by Gasteiger charge is 2.16. The third-order valence-corrected chi connectivity index (χ3v) is 3.62. The van der Waals surface area contributed by atoms with Crippen molar-refractivity contribution >= 4 is 11.3 Å². The summed E-state index contributed by atoms with van der Waals surface area (Å²) >= 11 is 1.48. The molecule has 1 unspecified atom stereocenters. The number of aliphatic hydroxyl groups excluding tert-OH is 1. The van der Waals surface area contributed by atoms with E-state index in [1.54, 1.807) is 5.51 Å². The molecule has 0 aliphatic carbocycles. The van der Waals surface area contributed by atoms with Crippen LogP contribution in [0.4, 0.5) is 0 Å². The van der Waals surface area contributed by atoms with Crippen molar-refractivity contribution in [2.45, 2.75) is 39.3 Å². The van der Waals surface area contributed by atoms with Gasteiger partial charge in [0, 0.05) is 13.0 Å². The van der Waals surface area contributed by atoms with Crippen LogP contribution in [0, 0.1) is 6.92 Å². The fraction of sp³-hybridized carbons (Fsp3) is 0.545. The van der Waals surface area contributed by atoms with Gasteiger partial charge in [0.25, 0.3) is 0 Å². The summed E-state index contributed by atoms with van der Waals surface area (Å²) in [4.78, 5) is 9.24. The number of hydrogen-bond donors (Lipinski definition) is 1. The Morgan fingerprint density at radius 1 is 1.47 bits per heavy atom. The third kappa shape index (κ3) is 2.70. The second kappa shape index (κ2) is 5.37. The van der Waals surface area contributed by atoms with Crippen LogP contribution in [-0.2, 0) is 13.0 Å². The average Bonchev–Trinajstić information content (AvgIpc) is 2.89. The van der Waals surface area contributed by atoms with E-state index in [4.69, 9.17) is 0 Å². The highest BCUT2D eigenvalue weighted by atomic mass is 32.1. The summed E-state index contributed by atoms with van der Waals surface area (Å²) in [6.45, 7) is 4.84. The smallest absolute Gasteiger partial charge is 0.138 e. The van der Waals surface area contributed by atoms with E-state index in [0.717, 1.165) is 29.4 Å². The Morgan fingerprint density at radius 2 is 2.29 bits per heavy atom. The minimum absolute atomic E-state index is 0.489. The molecule has 2 aromatic heterocycles. The summed E-state index contributed by atoms with van der Waals surface area (Å²) in [5.41, 5.74) is 2.65. The number of rotatable bonds is 5. The molecule has 0 amide bonds. The molecule has 92 valence electrons. The van der Waals surface area contributed by atoms with Crippen LogP contribution in [0.1, 0.15) is 35.8 Å². The average molecular weight is 252 g/mol. The van der Waals surface area contributed by atoms with Crippen molar-refractivity contribution in [2.24, 2.45) is 0 Å². The number of hydrogen-bond acceptors (Lipinski definition) is 5. The topological polar surface area (TPSA) is 63.8 Å². The molecule has 0 aliphatic heterocycles. The first kappa shape index (κ1) is 12.2. The second-order valence-electron chi connectivity index (χ2n) is 3.92. The Bertz CT molecular complexity index is 479. The van der Waals surface area contributed by atoms with Crippen LogP contribution < -0.4 is 0 Å². The zero-order chi connectivity index (χ0) is 12.3. The highest BCUT2D eigenvalue weighted by molar-refractivity contribution is 7.09. The van der Waals surface area contributed by atoms with E-state index in [-0.39, 0.29) is 0 Å². The fourth-order valence-electron chi connectivity index (χ4n) is 1.74. The van der Waals surface area contributed by atoms with Crippen LogP contribution in [0.15, 0.2) is 11.8 Å². The summed E-state index contributed by atoms with van der Waals surface area (Å²) in [7, 11) is 0. The summed E-state index contributed by atoms with van der Waals surface area (Å²) in [6.07, 6.45) is 2.49. The standard InChI is InChI=1S/C11H16N4OS/c1-3-4-15-10(12-6-14-15)5-9(16)11-8(2)13-7-17-11/h6-7,9,16H,3-5H2,1-2H3. The Morgan fingerprint density at radius 3 is 2.94 bits per heavy atom.